The second-order valence-electron chi connectivity index (χ2n) is 23.5. The van der Waals surface area contributed by atoms with E-state index >= 15 is 0 Å². The molecule has 436 valence electrons. The molecule has 6 fully saturated rings. The van der Waals surface area contributed by atoms with Crippen molar-refractivity contribution in [2.75, 3.05) is 19.8 Å². The van der Waals surface area contributed by atoms with Crippen LogP contribution in [0.25, 0.3) is 0 Å². The number of rotatable bonds is 14. The molecule has 23 nitrogen and oxygen atoms in total. The number of fused-ring (bicyclic) bond motifs is 6. The zero-order valence-corrected chi connectivity index (χ0v) is 47.1. The van der Waals surface area contributed by atoms with Gasteiger partial charge in [0.15, 0.2) is 43.0 Å². The lowest BCUT2D eigenvalue weighted by molar-refractivity contribution is -0.349. The number of esters is 7. The van der Waals surface area contributed by atoms with Gasteiger partial charge in [-0.1, -0.05) is 43.2 Å². The van der Waals surface area contributed by atoms with E-state index in [1.807, 2.05) is 0 Å². The lowest BCUT2D eigenvalue weighted by Gasteiger charge is -2.49. The molecule has 0 aromatic carbocycles. The third kappa shape index (κ3) is 11.8. The van der Waals surface area contributed by atoms with Crippen LogP contribution in [-0.2, 0) is 92.2 Å². The predicted molar refractivity (Wildman–Crippen MR) is 271 cm³/mol. The summed E-state index contributed by atoms with van der Waals surface area (Å²) in [7, 11) is 0. The molecule has 1 spiro atoms. The minimum atomic E-state index is -1.82. The number of aliphatic hydroxyl groups is 1. The molecule has 1 aromatic heterocycles. The quantitative estimate of drug-likeness (QED) is 0.154. The Kier molecular flexibility index (Phi) is 17.2. The molecule has 8 aliphatic rings. The van der Waals surface area contributed by atoms with Gasteiger partial charge in [-0.25, -0.2) is 4.68 Å². The summed E-state index contributed by atoms with van der Waals surface area (Å²) in [6.07, 6.45) is -4.19. The molecule has 4 aliphatic heterocycles. The van der Waals surface area contributed by atoms with Crippen molar-refractivity contribution in [1.82, 2.24) is 19.9 Å². The van der Waals surface area contributed by atoms with E-state index in [1.54, 1.807) is 11.8 Å². The summed E-state index contributed by atoms with van der Waals surface area (Å²) in [4.78, 5) is 91.1. The molecule has 20 atom stereocenters. The molecule has 1 aromatic rings. The molecule has 0 radical (unpaired) electrons. The van der Waals surface area contributed by atoms with Gasteiger partial charge >= 0.3 is 41.8 Å². The minimum absolute atomic E-state index is 0.0314. The summed E-state index contributed by atoms with van der Waals surface area (Å²) in [6.45, 7) is 17.1. The number of hydrogen-bond acceptors (Lipinski definition) is 22. The Balaban J connectivity index is 1.00. The molecule has 5 heterocycles. The fourth-order valence-electron chi connectivity index (χ4n) is 15.1. The van der Waals surface area contributed by atoms with Gasteiger partial charge < -0.3 is 57.2 Å². The standard InChI is InChI=1S/C56H78N4O19/c1-26-18-43-46(28(3)56(79-43)17-15-39-40-13-12-36-19-38(68)14-16-55(36,11)42(40)20-41(39)27(56)2)59(21-26)22-37-23-60(58-57-37)53-51(74-34(9)66)49(72-32(7)64)48(44(76-53)24-69-29(4)61)78-54-52(75-35(10)67)50(73-33(8)65)47(71-31(6)63)45(77-54)25-70-30(5)62/h12,23,26,28,38-40,42-54,68H,13-22,24-25H2,1-11H3/t26-,28+,38-,39-,40-,42-,43+,44?,45?,46-,47-,48+,49?,50?,51-,52-,53+,54-,55-,56-/m0/s1. The molecule has 79 heavy (non-hydrogen) atoms. The largest absolute Gasteiger partial charge is 0.463 e. The van der Waals surface area contributed by atoms with Crippen molar-refractivity contribution in [3.8, 4) is 0 Å². The van der Waals surface area contributed by atoms with Crippen LogP contribution in [0.5, 0.6) is 0 Å². The second-order valence-corrected chi connectivity index (χ2v) is 23.5. The Morgan fingerprint density at radius 1 is 0.734 bits per heavy atom. The van der Waals surface area contributed by atoms with Gasteiger partial charge in [-0.2, -0.15) is 0 Å². The highest BCUT2D eigenvalue weighted by molar-refractivity contribution is 5.69. The van der Waals surface area contributed by atoms with Gasteiger partial charge in [-0.05, 0) is 93.0 Å². The maximum atomic E-state index is 13.2. The molecule has 9 rings (SSSR count). The molecule has 23 heteroatoms. The fourth-order valence-corrected chi connectivity index (χ4v) is 15.1. The minimum Gasteiger partial charge on any atom is -0.463 e. The third-order valence-electron chi connectivity index (χ3n) is 18.2. The first-order valence-corrected chi connectivity index (χ1v) is 27.9. The summed E-state index contributed by atoms with van der Waals surface area (Å²) in [5, 5.41) is 19.7. The van der Waals surface area contributed by atoms with Crippen molar-refractivity contribution in [1.29, 1.82) is 0 Å². The van der Waals surface area contributed by atoms with E-state index < -0.39 is 122 Å². The molecule has 4 saturated heterocycles. The third-order valence-corrected chi connectivity index (χ3v) is 18.2. The van der Waals surface area contributed by atoms with Gasteiger partial charge in [0.05, 0.1) is 29.7 Å². The van der Waals surface area contributed by atoms with Crippen LogP contribution >= 0.6 is 0 Å². The average molecular weight is 1110 g/mol. The highest BCUT2D eigenvalue weighted by atomic mass is 16.8. The van der Waals surface area contributed by atoms with E-state index in [0.717, 1.165) is 106 Å². The van der Waals surface area contributed by atoms with Gasteiger partial charge in [0.2, 0.25) is 0 Å². The van der Waals surface area contributed by atoms with Crippen LogP contribution in [-0.4, -0.2) is 166 Å². The Morgan fingerprint density at radius 2 is 1.33 bits per heavy atom. The summed E-state index contributed by atoms with van der Waals surface area (Å²) < 4.78 is 67.6. The second kappa shape index (κ2) is 23.3. The van der Waals surface area contributed by atoms with Crippen LogP contribution in [0.4, 0.5) is 0 Å². The summed E-state index contributed by atoms with van der Waals surface area (Å²) >= 11 is 0. The number of nitrogens with zero attached hydrogens (tertiary/aromatic N) is 4. The van der Waals surface area contributed by atoms with Crippen molar-refractivity contribution in [3.63, 3.8) is 0 Å². The Labute approximate surface area is 459 Å². The fraction of sp³-hybridized carbons (Fsp3) is 0.768. The number of carbonyl (C=O) groups is 7. The number of allylic oxidation sites excluding steroid dienone is 2. The topological polar surface area (TPSA) is 275 Å². The number of ether oxygens (including phenoxy) is 11. The van der Waals surface area contributed by atoms with E-state index in [4.69, 9.17) is 52.1 Å². The zero-order valence-electron chi connectivity index (χ0n) is 47.1. The lowest BCUT2D eigenvalue weighted by atomic mass is 9.56. The van der Waals surface area contributed by atoms with Crippen molar-refractivity contribution >= 4 is 41.8 Å². The Hall–Kier alpha value is -5.33. The Morgan fingerprint density at radius 3 is 1.96 bits per heavy atom. The maximum Gasteiger partial charge on any atom is 0.303 e. The maximum absolute atomic E-state index is 13.2. The number of likely N-dealkylation sites (tertiary alicyclic amines) is 1. The van der Waals surface area contributed by atoms with Crippen LogP contribution in [0.3, 0.4) is 0 Å². The van der Waals surface area contributed by atoms with Crippen LogP contribution in [0.15, 0.2) is 29.0 Å². The smallest absolute Gasteiger partial charge is 0.303 e. The molecule has 0 amide bonds. The van der Waals surface area contributed by atoms with Crippen molar-refractivity contribution in [2.24, 2.45) is 35.0 Å². The summed E-state index contributed by atoms with van der Waals surface area (Å²) in [5.74, 6) is -3.70. The van der Waals surface area contributed by atoms with E-state index in [2.05, 4.69) is 49.0 Å². The highest BCUT2D eigenvalue weighted by Gasteiger charge is 2.63. The van der Waals surface area contributed by atoms with Gasteiger partial charge in [0.25, 0.3) is 0 Å². The number of carbonyl (C=O) groups excluding carboxylic acids is 7. The highest BCUT2D eigenvalue weighted by Crippen LogP contribution is 2.65. The van der Waals surface area contributed by atoms with Gasteiger partial charge in [-0.3, -0.25) is 38.5 Å². The SMILES string of the molecule is CC(=O)OCC1O[C@@H](n2cc(CN3C[C@@H](C)C[C@H]4O[C@]5(CC[C@@H]6C(=C5C)C[C@H]5[C@H]6CC=C6C[C@@H](O)CC[C@@]65C)[C@H](C)[C@@H]43)nn2)[C@@H](OC(C)=O)C(OC(C)=O)[C@@H]1O[C@@H]1OC(COC(C)=O)[C@H](OC(C)=O)C(OC(C)=O)[C@@H]1OC(C)=O. The molecular formula is C56H78N4O19. The number of hydrogen-bond donors (Lipinski definition) is 1. The number of piperidine rings is 1. The van der Waals surface area contributed by atoms with E-state index in [1.165, 1.54) is 15.8 Å². The molecule has 1 N–H and O–H groups in total. The van der Waals surface area contributed by atoms with Gasteiger partial charge in [0, 0.05) is 73.5 Å². The first-order valence-electron chi connectivity index (χ1n) is 27.9. The molecular weight excluding hydrogens is 1030 g/mol. The average Bonchev–Trinajstić information content (AvgIpc) is 4.28. The molecule has 4 unspecified atom stereocenters. The van der Waals surface area contributed by atoms with Gasteiger partial charge in [0.1, 0.15) is 31.5 Å². The Bertz CT molecular complexity index is 2580. The normalized spacial score (nSPS) is 39.7. The molecule has 0 bridgehead atoms. The molecule has 2 saturated carbocycles. The first-order chi connectivity index (χ1) is 37.4. The summed E-state index contributed by atoms with van der Waals surface area (Å²) in [5.41, 5.74) is 4.66. The van der Waals surface area contributed by atoms with E-state index in [9.17, 15) is 38.7 Å². The van der Waals surface area contributed by atoms with Gasteiger partial charge in [-0.15, -0.1) is 5.10 Å². The zero-order chi connectivity index (χ0) is 57.0. The van der Waals surface area contributed by atoms with Crippen LogP contribution in [0.1, 0.15) is 139 Å². The van der Waals surface area contributed by atoms with E-state index in [0.29, 0.717) is 35.9 Å². The van der Waals surface area contributed by atoms with Crippen molar-refractivity contribution in [3.05, 3.63) is 34.7 Å². The number of aromatic nitrogens is 3. The van der Waals surface area contributed by atoms with E-state index in [-0.39, 0.29) is 29.6 Å². The lowest BCUT2D eigenvalue weighted by Crippen LogP contribution is -2.66. The van der Waals surface area contributed by atoms with Crippen LogP contribution in [0.2, 0.25) is 0 Å². The number of aliphatic hydroxyl groups excluding tert-OH is 1. The van der Waals surface area contributed by atoms with Crippen molar-refractivity contribution < 1.29 is 90.8 Å². The monoisotopic (exact) mass is 1110 g/mol. The first kappa shape index (κ1) is 58.3. The summed E-state index contributed by atoms with van der Waals surface area (Å²) in [6, 6.07) is 0.0537. The van der Waals surface area contributed by atoms with Crippen LogP contribution < -0.4 is 0 Å². The predicted octanol–water partition coefficient (Wildman–Crippen LogP) is 4.30. The van der Waals surface area contributed by atoms with Crippen molar-refractivity contribution in [2.45, 2.75) is 219 Å². The van der Waals surface area contributed by atoms with Crippen LogP contribution in [0, 0.1) is 35.0 Å². The molecule has 4 aliphatic carbocycles.